The molecule has 1 aliphatic rings. The Labute approximate surface area is 194 Å². The van der Waals surface area contributed by atoms with Crippen molar-refractivity contribution in [2.75, 3.05) is 20.2 Å². The molecule has 1 atom stereocenters. The monoisotopic (exact) mass is 451 g/mol. The van der Waals surface area contributed by atoms with E-state index in [0.717, 1.165) is 43.8 Å². The van der Waals surface area contributed by atoms with Gasteiger partial charge in [0.2, 0.25) is 5.91 Å². The molecule has 1 saturated heterocycles. The number of piperidine rings is 1. The zero-order chi connectivity index (χ0) is 22.3. The number of hydrogen-bond donors (Lipinski definition) is 1. The maximum atomic E-state index is 12.9. The van der Waals surface area contributed by atoms with Gasteiger partial charge in [-0.15, -0.1) is 0 Å². The molecule has 0 aliphatic carbocycles. The third-order valence-electron chi connectivity index (χ3n) is 6.14. The van der Waals surface area contributed by atoms with E-state index in [1.807, 2.05) is 60.9 Å². The predicted octanol–water partition coefficient (Wildman–Crippen LogP) is 4.91. The smallest absolute Gasteiger partial charge is 0.222 e. The van der Waals surface area contributed by atoms with Crippen molar-refractivity contribution >= 4 is 17.5 Å². The highest BCUT2D eigenvalue weighted by molar-refractivity contribution is 6.30. The molecule has 32 heavy (non-hydrogen) atoms. The van der Waals surface area contributed by atoms with Crippen molar-refractivity contribution in [1.29, 1.82) is 0 Å². The van der Waals surface area contributed by atoms with E-state index >= 15 is 0 Å². The van der Waals surface area contributed by atoms with Crippen molar-refractivity contribution in [3.63, 3.8) is 0 Å². The molecule has 3 aromatic rings. The number of amides is 1. The summed E-state index contributed by atoms with van der Waals surface area (Å²) in [5.41, 5.74) is 2.36. The largest absolute Gasteiger partial charge is 0.497 e. The minimum absolute atomic E-state index is 0.0440. The van der Waals surface area contributed by atoms with Crippen LogP contribution in [0.2, 0.25) is 5.02 Å². The lowest BCUT2D eigenvalue weighted by Gasteiger charge is -2.32. The molecule has 0 bridgehead atoms. The van der Waals surface area contributed by atoms with Crippen molar-refractivity contribution in [2.45, 2.75) is 37.9 Å². The Morgan fingerprint density at radius 1 is 1.06 bits per heavy atom. The SMILES string of the molecule is COc1ccc(CN2CCC(NC(=O)C[C@H](c3ccc(Cl)cc3)n3cccc3)CC2)cc1. The highest BCUT2D eigenvalue weighted by Crippen LogP contribution is 2.24. The van der Waals surface area contributed by atoms with Crippen LogP contribution < -0.4 is 10.1 Å². The van der Waals surface area contributed by atoms with Crippen molar-refractivity contribution in [3.05, 3.63) is 89.2 Å². The van der Waals surface area contributed by atoms with Gasteiger partial charge in [0.05, 0.1) is 19.6 Å². The average Bonchev–Trinajstić information content (AvgIpc) is 3.35. The van der Waals surface area contributed by atoms with Crippen molar-refractivity contribution in [3.8, 4) is 5.75 Å². The highest BCUT2D eigenvalue weighted by Gasteiger charge is 2.23. The van der Waals surface area contributed by atoms with Gasteiger partial charge in [-0.3, -0.25) is 9.69 Å². The summed E-state index contributed by atoms with van der Waals surface area (Å²) in [6, 6.07) is 20.1. The van der Waals surface area contributed by atoms with E-state index in [9.17, 15) is 4.79 Å². The molecule has 168 valence electrons. The first-order chi connectivity index (χ1) is 15.6. The van der Waals surface area contributed by atoms with Crippen LogP contribution in [0.15, 0.2) is 73.1 Å². The van der Waals surface area contributed by atoms with E-state index in [2.05, 4.69) is 26.9 Å². The molecule has 1 fully saturated rings. The number of likely N-dealkylation sites (tertiary alicyclic amines) is 1. The van der Waals surface area contributed by atoms with E-state index in [0.29, 0.717) is 11.4 Å². The van der Waals surface area contributed by atoms with Crippen molar-refractivity contribution < 1.29 is 9.53 Å². The van der Waals surface area contributed by atoms with Crippen LogP contribution in [-0.2, 0) is 11.3 Å². The third-order valence-corrected chi connectivity index (χ3v) is 6.39. The van der Waals surface area contributed by atoms with Crippen molar-refractivity contribution in [2.24, 2.45) is 0 Å². The fourth-order valence-electron chi connectivity index (χ4n) is 4.32. The number of aromatic nitrogens is 1. The van der Waals surface area contributed by atoms with Gasteiger partial charge in [0.15, 0.2) is 0 Å². The standard InChI is InChI=1S/C26H30ClN3O2/c1-32-24-10-4-20(5-11-24)19-29-16-12-23(13-17-29)28-26(31)18-25(30-14-2-3-15-30)21-6-8-22(27)9-7-21/h2-11,14-15,23,25H,12-13,16-19H2,1H3,(H,28,31)/t25-/m1/s1. The average molecular weight is 452 g/mol. The molecular formula is C26H30ClN3O2. The summed E-state index contributed by atoms with van der Waals surface area (Å²) in [4.78, 5) is 15.4. The maximum absolute atomic E-state index is 12.9. The molecule has 1 N–H and O–H groups in total. The van der Waals surface area contributed by atoms with E-state index in [1.165, 1.54) is 5.56 Å². The Hall–Kier alpha value is -2.76. The summed E-state index contributed by atoms with van der Waals surface area (Å²) in [7, 11) is 1.68. The molecule has 0 unspecified atom stereocenters. The fraction of sp³-hybridized carbons (Fsp3) is 0.346. The molecule has 1 aliphatic heterocycles. The van der Waals surface area contributed by atoms with E-state index < -0.39 is 0 Å². The third kappa shape index (κ3) is 5.93. The number of rotatable bonds is 8. The minimum Gasteiger partial charge on any atom is -0.497 e. The maximum Gasteiger partial charge on any atom is 0.222 e. The predicted molar refractivity (Wildman–Crippen MR) is 128 cm³/mol. The Bertz CT molecular complexity index is 979. The molecule has 1 aromatic heterocycles. The second kappa shape index (κ2) is 10.7. The van der Waals surface area contributed by atoms with Crippen LogP contribution in [0.1, 0.15) is 36.4 Å². The molecule has 4 rings (SSSR count). The first-order valence-electron chi connectivity index (χ1n) is 11.1. The van der Waals surface area contributed by atoms with E-state index in [4.69, 9.17) is 16.3 Å². The summed E-state index contributed by atoms with van der Waals surface area (Å²) >= 11 is 6.06. The highest BCUT2D eigenvalue weighted by atomic mass is 35.5. The lowest BCUT2D eigenvalue weighted by Crippen LogP contribution is -2.44. The Morgan fingerprint density at radius 2 is 1.72 bits per heavy atom. The van der Waals surface area contributed by atoms with Gasteiger partial charge in [0.1, 0.15) is 5.75 Å². The number of carbonyl (C=O) groups is 1. The van der Waals surface area contributed by atoms with E-state index in [-0.39, 0.29) is 18.0 Å². The van der Waals surface area contributed by atoms with Crippen LogP contribution in [0.5, 0.6) is 5.75 Å². The van der Waals surface area contributed by atoms with E-state index in [1.54, 1.807) is 7.11 Å². The topological polar surface area (TPSA) is 46.5 Å². The minimum atomic E-state index is -0.0440. The first kappa shape index (κ1) is 22.4. The molecule has 0 radical (unpaired) electrons. The summed E-state index contributed by atoms with van der Waals surface area (Å²) in [5.74, 6) is 0.972. The number of benzene rings is 2. The molecule has 6 heteroatoms. The molecule has 0 spiro atoms. The van der Waals surface area contributed by atoms with Gasteiger partial charge in [-0.25, -0.2) is 0 Å². The van der Waals surface area contributed by atoms with Crippen molar-refractivity contribution in [1.82, 2.24) is 14.8 Å². The van der Waals surface area contributed by atoms with Gasteiger partial charge in [-0.2, -0.15) is 0 Å². The number of ether oxygens (including phenoxy) is 1. The number of halogens is 1. The number of carbonyl (C=O) groups excluding carboxylic acids is 1. The van der Waals surface area contributed by atoms with Crippen LogP contribution in [-0.4, -0.2) is 41.6 Å². The quantitative estimate of drug-likeness (QED) is 0.529. The number of methoxy groups -OCH3 is 1. The zero-order valence-corrected chi connectivity index (χ0v) is 19.2. The summed E-state index contributed by atoms with van der Waals surface area (Å²) < 4.78 is 7.32. The van der Waals surface area contributed by atoms with Crippen LogP contribution in [0.25, 0.3) is 0 Å². The Balaban J connectivity index is 1.29. The Kier molecular flexibility index (Phi) is 7.51. The molecule has 0 saturated carbocycles. The molecule has 2 aromatic carbocycles. The zero-order valence-electron chi connectivity index (χ0n) is 18.4. The first-order valence-corrected chi connectivity index (χ1v) is 11.5. The second-order valence-corrected chi connectivity index (χ2v) is 8.80. The van der Waals surface area contributed by atoms with Crippen LogP contribution in [0.4, 0.5) is 0 Å². The van der Waals surface area contributed by atoms with Gasteiger partial charge < -0.3 is 14.6 Å². The lowest BCUT2D eigenvalue weighted by atomic mass is 10.0. The fourth-order valence-corrected chi connectivity index (χ4v) is 4.45. The molecule has 2 heterocycles. The molecule has 5 nitrogen and oxygen atoms in total. The number of nitrogens with zero attached hydrogens (tertiary/aromatic N) is 2. The number of hydrogen-bond acceptors (Lipinski definition) is 3. The van der Waals surface area contributed by atoms with Gasteiger partial charge in [-0.05, 0) is 60.4 Å². The second-order valence-electron chi connectivity index (χ2n) is 8.37. The summed E-state index contributed by atoms with van der Waals surface area (Å²) in [6.45, 7) is 2.89. The Morgan fingerprint density at radius 3 is 2.34 bits per heavy atom. The van der Waals surface area contributed by atoms with Crippen LogP contribution in [0, 0.1) is 0 Å². The molecular weight excluding hydrogens is 422 g/mol. The molecule has 1 amide bonds. The van der Waals surface area contributed by atoms with Gasteiger partial charge in [-0.1, -0.05) is 35.9 Å². The summed E-state index contributed by atoms with van der Waals surface area (Å²) in [6.07, 6.45) is 6.35. The van der Waals surface area contributed by atoms with Gasteiger partial charge in [0, 0.05) is 43.1 Å². The van der Waals surface area contributed by atoms with Crippen LogP contribution >= 0.6 is 11.6 Å². The summed E-state index contributed by atoms with van der Waals surface area (Å²) in [5, 5.41) is 3.97. The van der Waals surface area contributed by atoms with Gasteiger partial charge >= 0.3 is 0 Å². The van der Waals surface area contributed by atoms with Crippen LogP contribution in [0.3, 0.4) is 0 Å². The van der Waals surface area contributed by atoms with Gasteiger partial charge in [0.25, 0.3) is 0 Å². The number of nitrogens with one attached hydrogen (secondary N) is 1. The normalized spacial score (nSPS) is 15.9. The lowest BCUT2D eigenvalue weighted by molar-refractivity contribution is -0.122.